The van der Waals surface area contributed by atoms with Crippen LogP contribution in [0.4, 0.5) is 4.79 Å². The van der Waals surface area contributed by atoms with Crippen LogP contribution in [0, 0.1) is 6.92 Å². The van der Waals surface area contributed by atoms with Gasteiger partial charge in [-0.05, 0) is 40.5 Å². The fourth-order valence-corrected chi connectivity index (χ4v) is 4.17. The number of amides is 1. The van der Waals surface area contributed by atoms with E-state index >= 15 is 0 Å². The third-order valence-electron chi connectivity index (χ3n) is 3.41. The Balaban J connectivity index is 1.81. The smallest absolute Gasteiger partial charge is 0.410 e. The highest BCUT2D eigenvalue weighted by molar-refractivity contribution is 8.01. The molecule has 0 radical (unpaired) electrons. The lowest BCUT2D eigenvalue weighted by molar-refractivity contribution is -0.0190. The summed E-state index contributed by atoms with van der Waals surface area (Å²) in [5.41, 5.74) is -0.203. The first-order valence-electron chi connectivity index (χ1n) is 7.42. The van der Waals surface area contributed by atoms with Crippen molar-refractivity contribution in [2.45, 2.75) is 56.1 Å². The molecule has 2 heterocycles. The van der Waals surface area contributed by atoms with Crippen LogP contribution in [-0.4, -0.2) is 51.1 Å². The summed E-state index contributed by atoms with van der Waals surface area (Å²) in [5.74, 6) is 0.613. The van der Waals surface area contributed by atoms with Gasteiger partial charge in [-0.1, -0.05) is 11.8 Å². The highest BCUT2D eigenvalue weighted by atomic mass is 32.2. The van der Waals surface area contributed by atoms with Gasteiger partial charge in [0.05, 0.1) is 5.60 Å². The first kappa shape index (κ1) is 17.6. The zero-order valence-electron chi connectivity index (χ0n) is 13.6. The number of likely N-dealkylation sites (tertiary alicyclic amines) is 1. The average molecular weight is 345 g/mol. The third-order valence-corrected chi connectivity index (χ3v) is 5.82. The fraction of sp³-hybridized carbons (Fsp3) is 0.733. The number of aryl methyl sites for hydroxylation is 1. The van der Waals surface area contributed by atoms with Gasteiger partial charge < -0.3 is 14.7 Å². The molecule has 0 aromatic carbocycles. The predicted molar refractivity (Wildman–Crippen MR) is 89.6 cm³/mol. The Morgan fingerprint density at radius 2 is 2.14 bits per heavy atom. The van der Waals surface area contributed by atoms with Crippen LogP contribution in [0.1, 0.15) is 39.3 Å². The molecule has 1 aliphatic rings. The van der Waals surface area contributed by atoms with Crippen LogP contribution in [0.5, 0.6) is 0 Å². The number of thioether (sulfide) groups is 1. The molecule has 1 saturated heterocycles. The van der Waals surface area contributed by atoms with Gasteiger partial charge in [0.25, 0.3) is 0 Å². The second-order valence-corrected chi connectivity index (χ2v) is 8.82. The normalized spacial score (nSPS) is 18.3. The number of carbonyl (C=O) groups is 1. The van der Waals surface area contributed by atoms with Gasteiger partial charge in [0.2, 0.25) is 0 Å². The topological polar surface area (TPSA) is 62.7 Å². The molecule has 0 spiro atoms. The summed E-state index contributed by atoms with van der Waals surface area (Å²) in [7, 11) is 0. The van der Waals surface area contributed by atoms with Gasteiger partial charge >= 0.3 is 6.09 Å². The molecule has 0 aliphatic carbocycles. The predicted octanol–water partition coefficient (Wildman–Crippen LogP) is 3.31. The van der Waals surface area contributed by atoms with Crippen LogP contribution in [0.15, 0.2) is 9.72 Å². The van der Waals surface area contributed by atoms with Gasteiger partial charge in [-0.3, -0.25) is 0 Å². The molecule has 0 atom stereocenters. The molecule has 22 heavy (non-hydrogen) atoms. The van der Waals surface area contributed by atoms with Gasteiger partial charge in [-0.2, -0.15) is 0 Å². The minimum atomic E-state index is -0.733. The molecule has 1 aromatic heterocycles. The summed E-state index contributed by atoms with van der Waals surface area (Å²) in [4.78, 5) is 18.1. The number of hydrogen-bond donors (Lipinski definition) is 1. The Bertz CT molecular complexity index is 517. The number of nitrogens with zero attached hydrogens (tertiary/aromatic N) is 2. The first-order valence-corrected chi connectivity index (χ1v) is 9.29. The van der Waals surface area contributed by atoms with E-state index in [4.69, 9.17) is 4.74 Å². The molecular formula is C15H24N2O3S2. The van der Waals surface area contributed by atoms with Gasteiger partial charge in [0, 0.05) is 29.9 Å². The van der Waals surface area contributed by atoms with E-state index in [9.17, 15) is 9.90 Å². The fourth-order valence-electron chi connectivity index (χ4n) is 2.17. The molecular weight excluding hydrogens is 320 g/mol. The largest absolute Gasteiger partial charge is 0.444 e. The molecule has 1 fully saturated rings. The van der Waals surface area contributed by atoms with Crippen molar-refractivity contribution in [2.24, 2.45) is 0 Å². The second-order valence-electron chi connectivity index (χ2n) is 6.74. The van der Waals surface area contributed by atoms with Gasteiger partial charge in [0.1, 0.15) is 9.94 Å². The van der Waals surface area contributed by atoms with Crippen LogP contribution in [0.2, 0.25) is 0 Å². The van der Waals surface area contributed by atoms with Crippen molar-refractivity contribution in [3.63, 3.8) is 0 Å². The summed E-state index contributed by atoms with van der Waals surface area (Å²) in [6.45, 7) is 8.61. The molecule has 1 aliphatic heterocycles. The lowest BCUT2D eigenvalue weighted by Gasteiger charge is -2.38. The van der Waals surface area contributed by atoms with E-state index in [-0.39, 0.29) is 6.09 Å². The minimum absolute atomic E-state index is 0.294. The summed E-state index contributed by atoms with van der Waals surface area (Å²) < 4.78 is 6.36. The van der Waals surface area contributed by atoms with E-state index in [0.717, 1.165) is 10.0 Å². The van der Waals surface area contributed by atoms with Crippen molar-refractivity contribution >= 4 is 29.2 Å². The zero-order valence-corrected chi connectivity index (χ0v) is 15.2. The summed E-state index contributed by atoms with van der Waals surface area (Å²) in [5, 5.41) is 12.7. The van der Waals surface area contributed by atoms with Crippen LogP contribution < -0.4 is 0 Å². The number of ether oxygens (including phenoxy) is 1. The molecule has 1 amide bonds. The lowest BCUT2D eigenvalue weighted by atomic mass is 9.94. The number of rotatable bonds is 3. The summed E-state index contributed by atoms with van der Waals surface area (Å²) in [6, 6.07) is 0. The monoisotopic (exact) mass is 344 g/mol. The quantitative estimate of drug-likeness (QED) is 0.853. The van der Waals surface area contributed by atoms with E-state index in [1.807, 2.05) is 33.1 Å². The van der Waals surface area contributed by atoms with Gasteiger partial charge in [0.15, 0.2) is 0 Å². The van der Waals surface area contributed by atoms with Crippen LogP contribution >= 0.6 is 23.1 Å². The van der Waals surface area contributed by atoms with Crippen molar-refractivity contribution in [1.82, 2.24) is 9.88 Å². The Morgan fingerprint density at radius 3 is 2.64 bits per heavy atom. The molecule has 0 bridgehead atoms. The number of aliphatic hydroxyl groups is 1. The lowest BCUT2D eigenvalue weighted by Crippen LogP contribution is -2.49. The van der Waals surface area contributed by atoms with Crippen molar-refractivity contribution in [2.75, 3.05) is 18.8 Å². The standard InChI is InChI=1S/C15H24N2O3S2/c1-11-9-21-12(16-11)22-10-15(19)5-7-17(8-6-15)13(18)20-14(2,3)4/h9,19H,5-8,10H2,1-4H3. The van der Waals surface area contributed by atoms with E-state index in [1.165, 1.54) is 0 Å². The van der Waals surface area contributed by atoms with Crippen molar-refractivity contribution in [1.29, 1.82) is 0 Å². The Morgan fingerprint density at radius 1 is 1.50 bits per heavy atom. The van der Waals surface area contributed by atoms with Crippen molar-refractivity contribution < 1.29 is 14.6 Å². The first-order chi connectivity index (χ1) is 10.2. The Hall–Kier alpha value is -0.790. The Labute approximate surface area is 140 Å². The van der Waals surface area contributed by atoms with E-state index in [0.29, 0.717) is 31.7 Å². The Kier molecular flexibility index (Phi) is 5.40. The van der Waals surface area contributed by atoms with E-state index in [2.05, 4.69) is 4.98 Å². The zero-order chi connectivity index (χ0) is 16.4. The summed E-state index contributed by atoms with van der Waals surface area (Å²) in [6.07, 6.45) is 0.852. The van der Waals surface area contributed by atoms with Gasteiger partial charge in [-0.25, -0.2) is 9.78 Å². The number of hydrogen-bond acceptors (Lipinski definition) is 6. The maximum absolute atomic E-state index is 12.0. The summed E-state index contributed by atoms with van der Waals surface area (Å²) >= 11 is 3.19. The van der Waals surface area contributed by atoms with Crippen LogP contribution in [0.25, 0.3) is 0 Å². The second kappa shape index (κ2) is 6.76. The molecule has 124 valence electrons. The number of thiazole rings is 1. The SMILES string of the molecule is Cc1csc(SCC2(O)CCN(C(=O)OC(C)(C)C)CC2)n1. The highest BCUT2D eigenvalue weighted by Crippen LogP contribution is 2.31. The average Bonchev–Trinajstić information content (AvgIpc) is 2.81. The van der Waals surface area contributed by atoms with E-state index < -0.39 is 11.2 Å². The maximum atomic E-state index is 12.0. The third kappa shape index (κ3) is 5.14. The molecule has 0 saturated carbocycles. The molecule has 0 unspecified atom stereocenters. The van der Waals surface area contributed by atoms with Crippen LogP contribution in [0.3, 0.4) is 0 Å². The maximum Gasteiger partial charge on any atom is 0.410 e. The van der Waals surface area contributed by atoms with Gasteiger partial charge in [-0.15, -0.1) is 11.3 Å². The van der Waals surface area contributed by atoms with Crippen molar-refractivity contribution in [3.05, 3.63) is 11.1 Å². The molecule has 5 nitrogen and oxygen atoms in total. The van der Waals surface area contributed by atoms with Crippen molar-refractivity contribution in [3.8, 4) is 0 Å². The number of carbonyl (C=O) groups excluding carboxylic acids is 1. The molecule has 7 heteroatoms. The molecule has 2 rings (SSSR count). The van der Waals surface area contributed by atoms with Crippen LogP contribution in [-0.2, 0) is 4.74 Å². The highest BCUT2D eigenvalue weighted by Gasteiger charge is 2.35. The van der Waals surface area contributed by atoms with E-state index in [1.54, 1.807) is 28.0 Å². The number of aromatic nitrogens is 1. The number of piperidine rings is 1. The molecule has 1 aromatic rings. The minimum Gasteiger partial charge on any atom is -0.444 e. The molecule has 1 N–H and O–H groups in total.